The second-order valence-corrected chi connectivity index (χ2v) is 8.06. The second-order valence-electron chi connectivity index (χ2n) is 8.06. The van der Waals surface area contributed by atoms with Crippen molar-refractivity contribution in [2.24, 2.45) is 11.8 Å². The number of nitrogens with one attached hydrogen (secondary N) is 1. The molecule has 3 rings (SSSR count). The number of carbonyl (C=O) groups excluding carboxylic acids is 2. The van der Waals surface area contributed by atoms with Gasteiger partial charge in [-0.1, -0.05) is 18.9 Å². The lowest BCUT2D eigenvalue weighted by atomic mass is 9.87. The van der Waals surface area contributed by atoms with Crippen LogP contribution in [0.25, 0.3) is 0 Å². The highest BCUT2D eigenvalue weighted by atomic mass is 16.5. The average molecular weight is 399 g/mol. The number of amides is 2. The van der Waals surface area contributed by atoms with Gasteiger partial charge in [0.05, 0.1) is 13.0 Å². The van der Waals surface area contributed by atoms with Crippen molar-refractivity contribution in [3.63, 3.8) is 0 Å². The molecule has 2 aliphatic rings. The van der Waals surface area contributed by atoms with Crippen LogP contribution in [0.3, 0.4) is 0 Å². The molecule has 1 saturated carbocycles. The summed E-state index contributed by atoms with van der Waals surface area (Å²) in [6, 6.07) is 5.77. The van der Waals surface area contributed by atoms with Crippen molar-refractivity contribution >= 4 is 11.8 Å². The van der Waals surface area contributed by atoms with E-state index in [0.717, 1.165) is 37.2 Å². The Balaban J connectivity index is 1.54. The number of methoxy groups -OCH3 is 1. The molecular formula is C23H30N2O4. The zero-order valence-corrected chi connectivity index (χ0v) is 17.3. The molecule has 2 fully saturated rings. The molecule has 6 heteroatoms. The van der Waals surface area contributed by atoms with Crippen molar-refractivity contribution in [2.45, 2.75) is 51.6 Å². The third kappa shape index (κ3) is 5.23. The summed E-state index contributed by atoms with van der Waals surface area (Å²) in [7, 11) is 1.56. The van der Waals surface area contributed by atoms with Gasteiger partial charge in [0, 0.05) is 25.6 Å². The summed E-state index contributed by atoms with van der Waals surface area (Å²) in [6.45, 7) is 3.30. The highest BCUT2D eigenvalue weighted by Crippen LogP contribution is 2.31. The van der Waals surface area contributed by atoms with Gasteiger partial charge in [-0.2, -0.15) is 0 Å². The zero-order valence-electron chi connectivity index (χ0n) is 17.3. The number of carbonyl (C=O) groups is 2. The summed E-state index contributed by atoms with van der Waals surface area (Å²) >= 11 is 0. The van der Waals surface area contributed by atoms with Crippen LogP contribution in [-0.4, -0.2) is 43.0 Å². The molecule has 0 aromatic heterocycles. The maximum atomic E-state index is 12.7. The standard InChI is InChI=1S/C23H30N2O4/c1-4-11-29-21-12-17(7-10-20(21)28-3)14-24-23(27)18-13-22(26)25(15-18)19-8-5-16(2)6-9-19/h1,7,10,12,16,18-19H,5-6,8-9,11,13-15H2,2-3H3,(H,24,27). The molecule has 0 radical (unpaired) electrons. The molecule has 0 spiro atoms. The van der Waals surface area contributed by atoms with Crippen LogP contribution in [0, 0.1) is 24.2 Å². The highest BCUT2D eigenvalue weighted by molar-refractivity contribution is 5.89. The van der Waals surface area contributed by atoms with Crippen LogP contribution in [0.1, 0.15) is 44.6 Å². The summed E-state index contributed by atoms with van der Waals surface area (Å²) in [5, 5.41) is 2.96. The van der Waals surface area contributed by atoms with Gasteiger partial charge < -0.3 is 19.7 Å². The summed E-state index contributed by atoms with van der Waals surface area (Å²) in [4.78, 5) is 27.1. The molecule has 156 valence electrons. The van der Waals surface area contributed by atoms with Gasteiger partial charge in [0.15, 0.2) is 11.5 Å². The fourth-order valence-electron chi connectivity index (χ4n) is 4.21. The van der Waals surface area contributed by atoms with E-state index in [1.54, 1.807) is 13.2 Å². The van der Waals surface area contributed by atoms with Crippen molar-refractivity contribution < 1.29 is 19.1 Å². The van der Waals surface area contributed by atoms with Crippen molar-refractivity contribution in [2.75, 3.05) is 20.3 Å². The first-order chi connectivity index (χ1) is 14.0. The third-order valence-electron chi connectivity index (χ3n) is 5.96. The van der Waals surface area contributed by atoms with E-state index in [1.807, 2.05) is 17.0 Å². The van der Waals surface area contributed by atoms with Crippen LogP contribution in [0.4, 0.5) is 0 Å². The summed E-state index contributed by atoms with van der Waals surface area (Å²) in [5.41, 5.74) is 0.883. The molecule has 1 aliphatic heterocycles. The first kappa shape index (κ1) is 21.0. The number of likely N-dealkylation sites (tertiary alicyclic amines) is 1. The predicted octanol–water partition coefficient (Wildman–Crippen LogP) is 2.75. The number of ether oxygens (including phenoxy) is 2. The number of benzene rings is 1. The highest BCUT2D eigenvalue weighted by Gasteiger charge is 2.38. The Labute approximate surface area is 172 Å². The van der Waals surface area contributed by atoms with E-state index in [-0.39, 0.29) is 24.3 Å². The largest absolute Gasteiger partial charge is 0.493 e. The van der Waals surface area contributed by atoms with Gasteiger partial charge in [0.25, 0.3) is 0 Å². The first-order valence-corrected chi connectivity index (χ1v) is 10.3. The SMILES string of the molecule is C#CCOc1cc(CNC(=O)C2CC(=O)N(C3CCC(C)CC3)C2)ccc1OC. The molecule has 0 bridgehead atoms. The zero-order chi connectivity index (χ0) is 20.8. The van der Waals surface area contributed by atoms with E-state index in [4.69, 9.17) is 15.9 Å². The Hall–Kier alpha value is -2.68. The molecule has 1 aromatic carbocycles. The summed E-state index contributed by atoms with van der Waals surface area (Å²) in [5.74, 6) is 4.06. The van der Waals surface area contributed by atoms with Crippen LogP contribution in [0.2, 0.25) is 0 Å². The number of rotatable bonds is 7. The molecule has 29 heavy (non-hydrogen) atoms. The summed E-state index contributed by atoms with van der Waals surface area (Å²) in [6.07, 6.45) is 9.97. The summed E-state index contributed by atoms with van der Waals surface area (Å²) < 4.78 is 10.8. The van der Waals surface area contributed by atoms with E-state index in [0.29, 0.717) is 37.1 Å². The van der Waals surface area contributed by atoms with Crippen molar-refractivity contribution in [3.05, 3.63) is 23.8 Å². The lowest BCUT2D eigenvalue weighted by Gasteiger charge is -2.33. The molecule has 1 heterocycles. The Kier molecular flexibility index (Phi) is 7.03. The minimum atomic E-state index is -0.280. The van der Waals surface area contributed by atoms with E-state index < -0.39 is 0 Å². The molecule has 1 saturated heterocycles. The molecule has 1 aromatic rings. The molecular weight excluding hydrogens is 368 g/mol. The molecule has 2 amide bonds. The molecule has 1 atom stereocenters. The monoisotopic (exact) mass is 398 g/mol. The van der Waals surface area contributed by atoms with E-state index >= 15 is 0 Å². The third-order valence-corrected chi connectivity index (χ3v) is 5.96. The lowest BCUT2D eigenvalue weighted by Crippen LogP contribution is -2.40. The van der Waals surface area contributed by atoms with Crippen LogP contribution < -0.4 is 14.8 Å². The number of terminal acetylenes is 1. The minimum absolute atomic E-state index is 0.0769. The van der Waals surface area contributed by atoms with Crippen LogP contribution in [0.5, 0.6) is 11.5 Å². The maximum Gasteiger partial charge on any atom is 0.225 e. The average Bonchev–Trinajstić information content (AvgIpc) is 3.12. The van der Waals surface area contributed by atoms with Gasteiger partial charge in [0.2, 0.25) is 11.8 Å². The minimum Gasteiger partial charge on any atom is -0.493 e. The second kappa shape index (κ2) is 9.69. The van der Waals surface area contributed by atoms with Crippen LogP contribution in [0.15, 0.2) is 18.2 Å². The van der Waals surface area contributed by atoms with E-state index in [2.05, 4.69) is 18.2 Å². The number of hydrogen-bond acceptors (Lipinski definition) is 4. The van der Waals surface area contributed by atoms with Crippen LogP contribution in [-0.2, 0) is 16.1 Å². The van der Waals surface area contributed by atoms with Gasteiger partial charge in [-0.05, 0) is 49.3 Å². The Morgan fingerprint density at radius 3 is 2.72 bits per heavy atom. The first-order valence-electron chi connectivity index (χ1n) is 10.3. The quantitative estimate of drug-likeness (QED) is 0.717. The van der Waals surface area contributed by atoms with Gasteiger partial charge in [-0.25, -0.2) is 0 Å². The number of nitrogens with zero attached hydrogens (tertiary/aromatic N) is 1. The van der Waals surface area contributed by atoms with E-state index in [9.17, 15) is 9.59 Å². The molecule has 6 nitrogen and oxygen atoms in total. The fraction of sp³-hybridized carbons (Fsp3) is 0.565. The Bertz CT molecular complexity index is 778. The van der Waals surface area contributed by atoms with Crippen molar-refractivity contribution in [3.8, 4) is 23.8 Å². The maximum absolute atomic E-state index is 12.7. The predicted molar refractivity (Wildman–Crippen MR) is 110 cm³/mol. The fourth-order valence-corrected chi connectivity index (χ4v) is 4.21. The smallest absolute Gasteiger partial charge is 0.225 e. The normalized spacial score (nSPS) is 24.1. The topological polar surface area (TPSA) is 67.9 Å². The van der Waals surface area contributed by atoms with Crippen LogP contribution >= 0.6 is 0 Å². The number of hydrogen-bond donors (Lipinski definition) is 1. The Morgan fingerprint density at radius 2 is 2.03 bits per heavy atom. The van der Waals surface area contributed by atoms with Crippen molar-refractivity contribution in [1.82, 2.24) is 10.2 Å². The molecule has 1 N–H and O–H groups in total. The molecule has 1 aliphatic carbocycles. The molecule has 1 unspecified atom stereocenters. The Morgan fingerprint density at radius 1 is 1.28 bits per heavy atom. The lowest BCUT2D eigenvalue weighted by molar-refractivity contribution is -0.131. The van der Waals surface area contributed by atoms with Gasteiger partial charge >= 0.3 is 0 Å². The van der Waals surface area contributed by atoms with Gasteiger partial charge in [-0.3, -0.25) is 9.59 Å². The van der Waals surface area contributed by atoms with E-state index in [1.165, 1.54) is 0 Å². The van der Waals surface area contributed by atoms with Gasteiger partial charge in [-0.15, -0.1) is 6.42 Å². The van der Waals surface area contributed by atoms with Gasteiger partial charge in [0.1, 0.15) is 6.61 Å². The van der Waals surface area contributed by atoms with Crippen molar-refractivity contribution in [1.29, 1.82) is 0 Å².